The highest BCUT2D eigenvalue weighted by molar-refractivity contribution is 6.32. The van der Waals surface area contributed by atoms with Crippen LogP contribution in [0.4, 0.5) is 5.69 Å². The first-order valence-corrected chi connectivity index (χ1v) is 5.81. The fourth-order valence-corrected chi connectivity index (χ4v) is 1.73. The quantitative estimate of drug-likeness (QED) is 0.685. The van der Waals surface area contributed by atoms with Crippen LogP contribution in [-0.2, 0) is 0 Å². The van der Waals surface area contributed by atoms with Crippen molar-refractivity contribution in [3.63, 3.8) is 0 Å². The molecule has 0 aliphatic carbocycles. The number of nitro benzene ring substituents is 1. The van der Waals surface area contributed by atoms with Gasteiger partial charge in [0, 0.05) is 6.07 Å². The summed E-state index contributed by atoms with van der Waals surface area (Å²) in [5.74, 6) is -0.895. The Labute approximate surface area is 118 Å². The first kappa shape index (κ1) is 13.8. The molecular formula is C13H8ClNO5. The Balaban J connectivity index is 2.34. The SMILES string of the molecule is O=C(O)c1ccc(Oc2c(Cl)cccc2[N+](=O)[O-])cc1. The highest BCUT2D eigenvalue weighted by Gasteiger charge is 2.19. The predicted octanol–water partition coefficient (Wildman–Crippen LogP) is 3.74. The molecule has 20 heavy (non-hydrogen) atoms. The summed E-state index contributed by atoms with van der Waals surface area (Å²) in [7, 11) is 0. The molecule has 0 radical (unpaired) electrons. The Kier molecular flexibility index (Phi) is 3.86. The van der Waals surface area contributed by atoms with Gasteiger partial charge in [-0.25, -0.2) is 4.79 Å². The van der Waals surface area contributed by atoms with Crippen LogP contribution in [0.25, 0.3) is 0 Å². The maximum atomic E-state index is 10.9. The zero-order chi connectivity index (χ0) is 14.7. The summed E-state index contributed by atoms with van der Waals surface area (Å²) in [4.78, 5) is 21.0. The van der Waals surface area contributed by atoms with Crippen molar-refractivity contribution in [1.29, 1.82) is 0 Å². The van der Waals surface area contributed by atoms with Crippen molar-refractivity contribution in [2.75, 3.05) is 0 Å². The Morgan fingerprint density at radius 3 is 2.40 bits per heavy atom. The molecule has 0 saturated heterocycles. The summed E-state index contributed by atoms with van der Waals surface area (Å²) in [5, 5.41) is 19.8. The molecule has 1 N–H and O–H groups in total. The lowest BCUT2D eigenvalue weighted by molar-refractivity contribution is -0.385. The van der Waals surface area contributed by atoms with E-state index < -0.39 is 10.9 Å². The number of rotatable bonds is 4. The molecule has 7 heteroatoms. The number of carboxylic acids is 1. The lowest BCUT2D eigenvalue weighted by Gasteiger charge is -2.08. The third kappa shape index (κ3) is 2.86. The fourth-order valence-electron chi connectivity index (χ4n) is 1.53. The first-order chi connectivity index (χ1) is 9.49. The van der Waals surface area contributed by atoms with E-state index in [1.165, 1.54) is 42.5 Å². The topological polar surface area (TPSA) is 89.7 Å². The van der Waals surface area contributed by atoms with Gasteiger partial charge in [0.1, 0.15) is 5.75 Å². The second-order valence-corrected chi connectivity index (χ2v) is 4.18. The number of ether oxygens (including phenoxy) is 1. The first-order valence-electron chi connectivity index (χ1n) is 5.43. The molecule has 0 atom stereocenters. The molecule has 0 aromatic heterocycles. The number of nitro groups is 1. The Morgan fingerprint density at radius 2 is 1.85 bits per heavy atom. The number of aromatic carboxylic acids is 1. The minimum Gasteiger partial charge on any atom is -0.478 e. The van der Waals surface area contributed by atoms with Gasteiger partial charge < -0.3 is 9.84 Å². The molecular weight excluding hydrogens is 286 g/mol. The number of carbonyl (C=O) groups is 1. The van der Waals surface area contributed by atoms with Crippen molar-refractivity contribution in [3.05, 3.63) is 63.2 Å². The smallest absolute Gasteiger partial charge is 0.335 e. The van der Waals surface area contributed by atoms with Crippen LogP contribution in [0, 0.1) is 10.1 Å². The van der Waals surface area contributed by atoms with E-state index in [0.29, 0.717) is 0 Å². The molecule has 2 aromatic rings. The molecule has 2 rings (SSSR count). The molecule has 0 aliphatic rings. The molecule has 0 saturated carbocycles. The molecule has 0 amide bonds. The van der Waals surface area contributed by atoms with Crippen molar-refractivity contribution >= 4 is 23.3 Å². The molecule has 0 spiro atoms. The van der Waals surface area contributed by atoms with E-state index in [0.717, 1.165) is 0 Å². The van der Waals surface area contributed by atoms with E-state index in [-0.39, 0.29) is 27.8 Å². The maximum absolute atomic E-state index is 10.9. The summed E-state index contributed by atoms with van der Waals surface area (Å²) in [5.41, 5.74) is -0.175. The highest BCUT2D eigenvalue weighted by Crippen LogP contribution is 2.37. The van der Waals surface area contributed by atoms with Crippen LogP contribution in [0.3, 0.4) is 0 Å². The monoisotopic (exact) mass is 293 g/mol. The molecule has 102 valence electrons. The minimum absolute atomic E-state index is 0.0813. The number of para-hydroxylation sites is 1. The van der Waals surface area contributed by atoms with Crippen molar-refractivity contribution in [2.45, 2.75) is 0 Å². The van der Waals surface area contributed by atoms with Crippen molar-refractivity contribution in [3.8, 4) is 11.5 Å². The van der Waals surface area contributed by atoms with E-state index in [1.54, 1.807) is 0 Å². The van der Waals surface area contributed by atoms with Gasteiger partial charge in [-0.15, -0.1) is 0 Å². The van der Waals surface area contributed by atoms with Crippen molar-refractivity contribution in [1.82, 2.24) is 0 Å². The molecule has 0 heterocycles. The largest absolute Gasteiger partial charge is 0.478 e. The maximum Gasteiger partial charge on any atom is 0.335 e. The molecule has 0 bridgehead atoms. The zero-order valence-corrected chi connectivity index (χ0v) is 10.7. The average Bonchev–Trinajstić information content (AvgIpc) is 2.41. The lowest BCUT2D eigenvalue weighted by Crippen LogP contribution is -1.96. The lowest BCUT2D eigenvalue weighted by atomic mass is 10.2. The number of benzene rings is 2. The van der Waals surface area contributed by atoms with Gasteiger partial charge in [-0.3, -0.25) is 10.1 Å². The molecule has 0 aliphatic heterocycles. The second kappa shape index (κ2) is 5.58. The number of carboxylic acid groups (broad SMARTS) is 1. The van der Waals surface area contributed by atoms with Crippen LogP contribution in [-0.4, -0.2) is 16.0 Å². The van der Waals surface area contributed by atoms with Gasteiger partial charge in [-0.1, -0.05) is 17.7 Å². The van der Waals surface area contributed by atoms with E-state index in [1.807, 2.05) is 0 Å². The summed E-state index contributed by atoms with van der Waals surface area (Å²) in [6, 6.07) is 9.65. The summed E-state index contributed by atoms with van der Waals surface area (Å²) < 4.78 is 5.37. The zero-order valence-electron chi connectivity index (χ0n) is 9.95. The van der Waals surface area contributed by atoms with Crippen LogP contribution >= 0.6 is 11.6 Å². The minimum atomic E-state index is -1.07. The van der Waals surface area contributed by atoms with Crippen LogP contribution in [0.15, 0.2) is 42.5 Å². The van der Waals surface area contributed by atoms with Crippen molar-refractivity contribution in [2.24, 2.45) is 0 Å². The van der Waals surface area contributed by atoms with E-state index in [4.69, 9.17) is 21.4 Å². The van der Waals surface area contributed by atoms with E-state index in [9.17, 15) is 14.9 Å². The summed E-state index contributed by atoms with van der Waals surface area (Å²) in [6.45, 7) is 0. The number of hydrogen-bond acceptors (Lipinski definition) is 4. The summed E-state index contributed by atoms with van der Waals surface area (Å²) in [6.07, 6.45) is 0. The Bertz CT molecular complexity index is 669. The number of hydrogen-bond donors (Lipinski definition) is 1. The Morgan fingerprint density at radius 1 is 1.20 bits per heavy atom. The number of halogens is 1. The van der Waals surface area contributed by atoms with Gasteiger partial charge in [-0.05, 0) is 30.3 Å². The normalized spacial score (nSPS) is 10.1. The number of nitrogens with zero attached hydrogens (tertiary/aromatic N) is 1. The predicted molar refractivity (Wildman–Crippen MR) is 71.6 cm³/mol. The fraction of sp³-hybridized carbons (Fsp3) is 0. The van der Waals surface area contributed by atoms with Crippen LogP contribution in [0.1, 0.15) is 10.4 Å². The molecule has 0 fully saturated rings. The van der Waals surface area contributed by atoms with E-state index in [2.05, 4.69) is 0 Å². The van der Waals surface area contributed by atoms with Gasteiger partial charge in [-0.2, -0.15) is 0 Å². The third-order valence-corrected chi connectivity index (χ3v) is 2.76. The van der Waals surface area contributed by atoms with Gasteiger partial charge in [0.05, 0.1) is 15.5 Å². The molecule has 6 nitrogen and oxygen atoms in total. The van der Waals surface area contributed by atoms with Gasteiger partial charge >= 0.3 is 11.7 Å². The van der Waals surface area contributed by atoms with Gasteiger partial charge in [0.2, 0.25) is 5.75 Å². The Hall–Kier alpha value is -2.60. The van der Waals surface area contributed by atoms with Crippen LogP contribution in [0.5, 0.6) is 11.5 Å². The van der Waals surface area contributed by atoms with Crippen molar-refractivity contribution < 1.29 is 19.6 Å². The van der Waals surface area contributed by atoms with Crippen LogP contribution < -0.4 is 4.74 Å². The third-order valence-electron chi connectivity index (χ3n) is 2.46. The van der Waals surface area contributed by atoms with E-state index >= 15 is 0 Å². The summed E-state index contributed by atoms with van der Waals surface area (Å²) >= 11 is 5.88. The standard InChI is InChI=1S/C13H8ClNO5/c14-10-2-1-3-11(15(18)19)12(10)20-9-6-4-8(5-7-9)13(16)17/h1-7H,(H,16,17). The van der Waals surface area contributed by atoms with Gasteiger partial charge in [0.25, 0.3) is 0 Å². The second-order valence-electron chi connectivity index (χ2n) is 3.78. The molecule has 0 unspecified atom stereocenters. The van der Waals surface area contributed by atoms with Crippen LogP contribution in [0.2, 0.25) is 5.02 Å². The average molecular weight is 294 g/mol. The van der Waals surface area contributed by atoms with Gasteiger partial charge in [0.15, 0.2) is 0 Å². The highest BCUT2D eigenvalue weighted by atomic mass is 35.5. The molecule has 2 aromatic carbocycles.